The molecule has 5 nitrogen and oxygen atoms in total. The first-order valence-electron chi connectivity index (χ1n) is 10.2. The van der Waals surface area contributed by atoms with Gasteiger partial charge in [0.1, 0.15) is 11.5 Å². The SMILES string of the molecule is CCCCOc1ccc(C2/C(=C(/O)c3cccc(Cl)c3)C(=O)C(=O)N2CCC)cc1. The number of unbranched alkanes of at least 4 members (excludes halogenated alkanes) is 1. The van der Waals surface area contributed by atoms with E-state index in [0.29, 0.717) is 30.2 Å². The van der Waals surface area contributed by atoms with E-state index in [4.69, 9.17) is 16.3 Å². The van der Waals surface area contributed by atoms with Crippen LogP contribution in [0.4, 0.5) is 0 Å². The Kier molecular flexibility index (Phi) is 7.16. The maximum atomic E-state index is 12.8. The number of halogens is 1. The van der Waals surface area contributed by atoms with E-state index in [9.17, 15) is 14.7 Å². The van der Waals surface area contributed by atoms with Gasteiger partial charge in [-0.25, -0.2) is 0 Å². The van der Waals surface area contributed by atoms with Gasteiger partial charge in [-0.1, -0.05) is 56.1 Å². The van der Waals surface area contributed by atoms with Gasteiger partial charge in [0.2, 0.25) is 0 Å². The van der Waals surface area contributed by atoms with E-state index in [1.807, 2.05) is 31.2 Å². The van der Waals surface area contributed by atoms with Crippen LogP contribution in [-0.2, 0) is 9.59 Å². The van der Waals surface area contributed by atoms with Crippen molar-refractivity contribution in [1.82, 2.24) is 4.90 Å². The molecule has 1 fully saturated rings. The second-order valence-electron chi connectivity index (χ2n) is 7.27. The molecular formula is C24H26ClNO4. The quantitative estimate of drug-likeness (QED) is 0.267. The molecule has 1 aliphatic heterocycles. The third-order valence-electron chi connectivity index (χ3n) is 5.06. The molecule has 0 aliphatic carbocycles. The van der Waals surface area contributed by atoms with Crippen molar-refractivity contribution in [2.75, 3.05) is 13.2 Å². The predicted molar refractivity (Wildman–Crippen MR) is 118 cm³/mol. The van der Waals surface area contributed by atoms with Gasteiger partial charge in [0.25, 0.3) is 11.7 Å². The van der Waals surface area contributed by atoms with Crippen molar-refractivity contribution >= 4 is 29.1 Å². The standard InChI is InChI=1S/C24H26ClNO4/c1-3-5-14-30-19-11-9-16(10-12-19)21-20(23(28)24(29)26(21)13-4-2)22(27)17-7-6-8-18(25)15-17/h6-12,15,21,27H,3-5,13-14H2,1-2H3/b22-20-. The minimum absolute atomic E-state index is 0.0790. The average molecular weight is 428 g/mol. The van der Waals surface area contributed by atoms with Crippen molar-refractivity contribution in [1.29, 1.82) is 0 Å². The molecule has 0 saturated carbocycles. The number of amides is 1. The van der Waals surface area contributed by atoms with Gasteiger partial charge in [0, 0.05) is 17.1 Å². The summed E-state index contributed by atoms with van der Waals surface area (Å²) >= 11 is 6.05. The van der Waals surface area contributed by atoms with Crippen LogP contribution >= 0.6 is 11.6 Å². The van der Waals surface area contributed by atoms with Crippen molar-refractivity contribution in [3.8, 4) is 5.75 Å². The lowest BCUT2D eigenvalue weighted by Crippen LogP contribution is -2.30. The van der Waals surface area contributed by atoms with Gasteiger partial charge < -0.3 is 14.7 Å². The first kappa shape index (κ1) is 21.9. The van der Waals surface area contributed by atoms with Crippen LogP contribution in [0.15, 0.2) is 54.1 Å². The number of nitrogens with zero attached hydrogens (tertiary/aromatic N) is 1. The largest absolute Gasteiger partial charge is 0.507 e. The zero-order chi connectivity index (χ0) is 21.7. The fraction of sp³-hybridized carbons (Fsp3) is 0.333. The summed E-state index contributed by atoms with van der Waals surface area (Å²) in [7, 11) is 0. The van der Waals surface area contributed by atoms with Crippen molar-refractivity contribution in [3.63, 3.8) is 0 Å². The van der Waals surface area contributed by atoms with E-state index in [1.54, 1.807) is 24.3 Å². The number of hydrogen-bond acceptors (Lipinski definition) is 4. The Hall–Kier alpha value is -2.79. The Morgan fingerprint density at radius 1 is 1.10 bits per heavy atom. The van der Waals surface area contributed by atoms with E-state index in [2.05, 4.69) is 6.92 Å². The van der Waals surface area contributed by atoms with Crippen molar-refractivity contribution in [2.24, 2.45) is 0 Å². The van der Waals surface area contributed by atoms with Crippen LogP contribution in [0, 0.1) is 0 Å². The maximum absolute atomic E-state index is 12.8. The summed E-state index contributed by atoms with van der Waals surface area (Å²) in [6.45, 7) is 5.09. The fourth-order valence-electron chi connectivity index (χ4n) is 3.57. The van der Waals surface area contributed by atoms with Crippen LogP contribution < -0.4 is 4.74 Å². The molecular weight excluding hydrogens is 402 g/mol. The smallest absolute Gasteiger partial charge is 0.295 e. The van der Waals surface area contributed by atoms with Gasteiger partial charge in [0.05, 0.1) is 18.2 Å². The first-order chi connectivity index (χ1) is 14.5. The van der Waals surface area contributed by atoms with Crippen molar-refractivity contribution in [3.05, 3.63) is 70.3 Å². The third-order valence-corrected chi connectivity index (χ3v) is 5.30. The summed E-state index contributed by atoms with van der Waals surface area (Å²) < 4.78 is 5.71. The topological polar surface area (TPSA) is 66.8 Å². The zero-order valence-electron chi connectivity index (χ0n) is 17.2. The Morgan fingerprint density at radius 3 is 2.47 bits per heavy atom. The lowest BCUT2D eigenvalue weighted by atomic mass is 9.95. The Balaban J connectivity index is 2.03. The number of hydrogen-bond donors (Lipinski definition) is 1. The summed E-state index contributed by atoms with van der Waals surface area (Å²) in [5, 5.41) is 11.4. The minimum Gasteiger partial charge on any atom is -0.507 e. The van der Waals surface area contributed by atoms with E-state index in [0.717, 1.165) is 24.2 Å². The molecule has 1 amide bonds. The monoisotopic (exact) mass is 427 g/mol. The number of ketones is 1. The lowest BCUT2D eigenvalue weighted by Gasteiger charge is -2.25. The molecule has 1 heterocycles. The van der Waals surface area contributed by atoms with Gasteiger partial charge in [0.15, 0.2) is 0 Å². The summed E-state index contributed by atoms with van der Waals surface area (Å²) in [4.78, 5) is 27.1. The van der Waals surface area contributed by atoms with Crippen LogP contribution in [-0.4, -0.2) is 34.8 Å². The Labute approximate surface area is 181 Å². The van der Waals surface area contributed by atoms with E-state index in [-0.39, 0.29) is 11.3 Å². The summed E-state index contributed by atoms with van der Waals surface area (Å²) in [6.07, 6.45) is 2.71. The molecule has 1 aliphatic rings. The number of aliphatic hydroxyl groups is 1. The minimum atomic E-state index is -0.686. The zero-order valence-corrected chi connectivity index (χ0v) is 18.0. The van der Waals surface area contributed by atoms with Crippen LogP contribution in [0.1, 0.15) is 50.3 Å². The second kappa shape index (κ2) is 9.81. The van der Waals surface area contributed by atoms with E-state index >= 15 is 0 Å². The summed E-state index contributed by atoms with van der Waals surface area (Å²) in [6, 6.07) is 13.3. The molecule has 1 saturated heterocycles. The van der Waals surface area contributed by atoms with Crippen molar-refractivity contribution in [2.45, 2.75) is 39.2 Å². The van der Waals surface area contributed by atoms with E-state index in [1.165, 1.54) is 4.90 Å². The Bertz CT molecular complexity index is 952. The molecule has 0 bridgehead atoms. The van der Waals surface area contributed by atoms with Crippen LogP contribution in [0.2, 0.25) is 5.02 Å². The highest BCUT2D eigenvalue weighted by molar-refractivity contribution is 6.46. The predicted octanol–water partition coefficient (Wildman–Crippen LogP) is 5.35. The molecule has 1 atom stereocenters. The third kappa shape index (κ3) is 4.51. The van der Waals surface area contributed by atoms with Crippen LogP contribution in [0.5, 0.6) is 5.75 Å². The number of carbonyl (C=O) groups excluding carboxylic acids is 2. The van der Waals surface area contributed by atoms with Crippen LogP contribution in [0.25, 0.3) is 5.76 Å². The van der Waals surface area contributed by atoms with Crippen LogP contribution in [0.3, 0.4) is 0 Å². The van der Waals surface area contributed by atoms with Gasteiger partial charge in [-0.15, -0.1) is 0 Å². The highest BCUT2D eigenvalue weighted by Gasteiger charge is 2.45. The molecule has 1 unspecified atom stereocenters. The average Bonchev–Trinajstić information content (AvgIpc) is 2.99. The number of carbonyl (C=O) groups is 2. The van der Waals surface area contributed by atoms with Gasteiger partial charge in [-0.3, -0.25) is 9.59 Å². The molecule has 0 aromatic heterocycles. The molecule has 2 aromatic carbocycles. The number of ether oxygens (including phenoxy) is 1. The fourth-order valence-corrected chi connectivity index (χ4v) is 3.76. The lowest BCUT2D eigenvalue weighted by molar-refractivity contribution is -0.139. The van der Waals surface area contributed by atoms with Gasteiger partial charge in [-0.2, -0.15) is 0 Å². The van der Waals surface area contributed by atoms with Gasteiger partial charge in [-0.05, 0) is 42.7 Å². The summed E-state index contributed by atoms with van der Waals surface area (Å²) in [5.41, 5.74) is 1.23. The normalized spacial score (nSPS) is 18.1. The highest BCUT2D eigenvalue weighted by Crippen LogP contribution is 2.40. The summed E-state index contributed by atoms with van der Waals surface area (Å²) in [5.74, 6) is -0.778. The second-order valence-corrected chi connectivity index (χ2v) is 7.71. The maximum Gasteiger partial charge on any atom is 0.295 e. The number of likely N-dealkylation sites (tertiary alicyclic amines) is 1. The molecule has 158 valence electrons. The number of rotatable bonds is 8. The Morgan fingerprint density at radius 2 is 1.83 bits per heavy atom. The molecule has 0 spiro atoms. The van der Waals surface area contributed by atoms with E-state index < -0.39 is 17.7 Å². The van der Waals surface area contributed by atoms with Gasteiger partial charge >= 0.3 is 0 Å². The van der Waals surface area contributed by atoms with Crippen molar-refractivity contribution < 1.29 is 19.4 Å². The first-order valence-corrected chi connectivity index (χ1v) is 10.6. The molecule has 30 heavy (non-hydrogen) atoms. The molecule has 3 rings (SSSR count). The molecule has 0 radical (unpaired) electrons. The number of aliphatic hydroxyl groups excluding tert-OH is 1. The number of Topliss-reactive ketones (excluding diaryl/α,β-unsaturated/α-hetero) is 1. The molecule has 1 N–H and O–H groups in total. The molecule has 6 heteroatoms. The molecule has 2 aromatic rings. The number of benzene rings is 2. The highest BCUT2D eigenvalue weighted by atomic mass is 35.5.